The number of aliphatic carboxylic acids is 1. The number of hydrogen-bond donors (Lipinski definition) is 1. The summed E-state index contributed by atoms with van der Waals surface area (Å²) in [4.78, 5) is 26.5. The summed E-state index contributed by atoms with van der Waals surface area (Å²) in [5.74, 6) is -0.553. The molecule has 1 aromatic rings. The maximum Gasteiger partial charge on any atom is 0.311 e. The van der Waals surface area contributed by atoms with E-state index in [-0.39, 0.29) is 11.8 Å². The topological polar surface area (TPSA) is 57.6 Å². The number of fused-ring (bicyclic) bond motifs is 2. The molecule has 0 bridgehead atoms. The lowest BCUT2D eigenvalue weighted by molar-refractivity contribution is -0.149. The van der Waals surface area contributed by atoms with Crippen molar-refractivity contribution in [1.82, 2.24) is 4.90 Å². The number of carbonyl (C=O) groups excluding carboxylic acids is 1. The highest BCUT2D eigenvalue weighted by Gasteiger charge is 2.55. The predicted molar refractivity (Wildman–Crippen MR) is 81.8 cm³/mol. The van der Waals surface area contributed by atoms with Gasteiger partial charge < -0.3 is 10.0 Å². The van der Waals surface area contributed by atoms with Crippen molar-refractivity contribution in [2.75, 3.05) is 13.1 Å². The van der Waals surface area contributed by atoms with E-state index in [1.165, 1.54) is 11.1 Å². The first-order valence-electron chi connectivity index (χ1n) is 8.25. The highest BCUT2D eigenvalue weighted by atomic mass is 16.4. The summed E-state index contributed by atoms with van der Waals surface area (Å²) in [5.41, 5.74) is 2.59. The Hall–Kier alpha value is -1.84. The van der Waals surface area contributed by atoms with Crippen LogP contribution in [0.4, 0.5) is 0 Å². The van der Waals surface area contributed by atoms with Gasteiger partial charge in [0.1, 0.15) is 0 Å². The molecule has 4 heteroatoms. The molecule has 3 aliphatic rings. The monoisotopic (exact) mass is 299 g/mol. The molecule has 4 rings (SSSR count). The van der Waals surface area contributed by atoms with Crippen molar-refractivity contribution in [1.29, 1.82) is 0 Å². The van der Waals surface area contributed by atoms with Gasteiger partial charge in [0.25, 0.3) is 5.91 Å². The summed E-state index contributed by atoms with van der Waals surface area (Å²) >= 11 is 0. The van der Waals surface area contributed by atoms with Gasteiger partial charge in [-0.2, -0.15) is 0 Å². The van der Waals surface area contributed by atoms with E-state index in [9.17, 15) is 14.7 Å². The normalized spacial score (nSPS) is 29.5. The number of hydrogen-bond acceptors (Lipinski definition) is 2. The summed E-state index contributed by atoms with van der Waals surface area (Å²) in [6.07, 6.45) is 5.75. The number of likely N-dealkylation sites (tertiary alicyclic amines) is 1. The van der Waals surface area contributed by atoms with E-state index >= 15 is 0 Å². The zero-order valence-electron chi connectivity index (χ0n) is 12.7. The maximum absolute atomic E-state index is 12.9. The van der Waals surface area contributed by atoms with Crippen LogP contribution in [0.3, 0.4) is 0 Å². The number of carbonyl (C=O) groups is 2. The Kier molecular flexibility index (Phi) is 3.03. The minimum absolute atomic E-state index is 0.0359. The zero-order valence-corrected chi connectivity index (χ0v) is 12.7. The van der Waals surface area contributed by atoms with E-state index < -0.39 is 11.4 Å². The first kappa shape index (κ1) is 13.8. The molecule has 1 aromatic carbocycles. The van der Waals surface area contributed by atoms with Crippen LogP contribution in [0, 0.1) is 11.3 Å². The number of rotatable bonds is 2. The van der Waals surface area contributed by atoms with E-state index in [0.29, 0.717) is 19.5 Å². The van der Waals surface area contributed by atoms with Crippen molar-refractivity contribution in [2.24, 2.45) is 11.3 Å². The van der Waals surface area contributed by atoms with Crippen molar-refractivity contribution in [3.63, 3.8) is 0 Å². The van der Waals surface area contributed by atoms with E-state index in [4.69, 9.17) is 0 Å². The van der Waals surface area contributed by atoms with Gasteiger partial charge in [-0.15, -0.1) is 0 Å². The van der Waals surface area contributed by atoms with Gasteiger partial charge in [-0.05, 0) is 55.2 Å². The molecule has 2 atom stereocenters. The maximum atomic E-state index is 12.9. The molecule has 1 N–H and O–H groups in total. The smallest absolute Gasteiger partial charge is 0.311 e. The second-order valence-corrected chi connectivity index (χ2v) is 7.03. The third kappa shape index (κ3) is 1.82. The summed E-state index contributed by atoms with van der Waals surface area (Å²) in [6, 6.07) is 5.98. The van der Waals surface area contributed by atoms with Gasteiger partial charge in [-0.3, -0.25) is 9.59 Å². The molecule has 1 saturated carbocycles. The summed E-state index contributed by atoms with van der Waals surface area (Å²) in [5, 5.41) is 9.66. The molecular formula is C18H21NO3. The third-order valence-electron chi connectivity index (χ3n) is 5.96. The van der Waals surface area contributed by atoms with Crippen LogP contribution in [-0.2, 0) is 17.6 Å². The van der Waals surface area contributed by atoms with Crippen molar-refractivity contribution in [3.8, 4) is 0 Å². The van der Waals surface area contributed by atoms with Crippen LogP contribution in [0.2, 0.25) is 0 Å². The fourth-order valence-corrected chi connectivity index (χ4v) is 4.78. The predicted octanol–water partition coefficient (Wildman–Crippen LogP) is 2.50. The van der Waals surface area contributed by atoms with E-state index in [0.717, 1.165) is 37.7 Å². The molecule has 1 heterocycles. The molecule has 1 saturated heterocycles. The first-order valence-corrected chi connectivity index (χ1v) is 8.25. The van der Waals surface area contributed by atoms with E-state index in [1.807, 2.05) is 12.1 Å². The second kappa shape index (κ2) is 4.83. The molecule has 0 unspecified atom stereocenters. The molecule has 4 nitrogen and oxygen atoms in total. The van der Waals surface area contributed by atoms with Crippen molar-refractivity contribution < 1.29 is 14.7 Å². The van der Waals surface area contributed by atoms with Crippen molar-refractivity contribution in [3.05, 3.63) is 34.9 Å². The van der Waals surface area contributed by atoms with E-state index in [1.54, 1.807) is 4.90 Å². The minimum Gasteiger partial charge on any atom is -0.481 e. The SMILES string of the molecule is O=C(c1cccc2c1CCC2)N1C[C@@H]2CCC[C@@]2(C(=O)O)C1. The Morgan fingerprint density at radius 2 is 2.09 bits per heavy atom. The first-order chi connectivity index (χ1) is 10.6. The molecule has 0 radical (unpaired) electrons. The van der Waals surface area contributed by atoms with Crippen LogP contribution in [0.1, 0.15) is 47.2 Å². The zero-order chi connectivity index (χ0) is 15.3. The minimum atomic E-state index is -0.719. The fraction of sp³-hybridized carbons (Fsp3) is 0.556. The van der Waals surface area contributed by atoms with Crippen LogP contribution in [0.25, 0.3) is 0 Å². The average Bonchev–Trinajstić information content (AvgIpc) is 3.18. The molecule has 1 amide bonds. The molecule has 0 aromatic heterocycles. The van der Waals surface area contributed by atoms with Crippen molar-refractivity contribution in [2.45, 2.75) is 38.5 Å². The highest BCUT2D eigenvalue weighted by Crippen LogP contribution is 2.49. The molecule has 1 aliphatic heterocycles. The Morgan fingerprint density at radius 3 is 2.86 bits per heavy atom. The second-order valence-electron chi connectivity index (χ2n) is 7.03. The largest absolute Gasteiger partial charge is 0.481 e. The third-order valence-corrected chi connectivity index (χ3v) is 5.96. The number of carboxylic acid groups (broad SMARTS) is 1. The number of carboxylic acids is 1. The number of nitrogens with zero attached hydrogens (tertiary/aromatic N) is 1. The lowest BCUT2D eigenvalue weighted by Gasteiger charge is -2.23. The number of benzene rings is 1. The van der Waals surface area contributed by atoms with Gasteiger partial charge >= 0.3 is 5.97 Å². The van der Waals surface area contributed by atoms with Gasteiger partial charge in [0.05, 0.1) is 5.41 Å². The lowest BCUT2D eigenvalue weighted by atomic mass is 9.81. The quantitative estimate of drug-likeness (QED) is 0.913. The van der Waals surface area contributed by atoms with Gasteiger partial charge in [0.2, 0.25) is 0 Å². The summed E-state index contributed by atoms with van der Waals surface area (Å²) in [6.45, 7) is 0.990. The van der Waals surface area contributed by atoms with Gasteiger partial charge in [0, 0.05) is 18.7 Å². The highest BCUT2D eigenvalue weighted by molar-refractivity contribution is 5.97. The number of amides is 1. The van der Waals surface area contributed by atoms with E-state index in [2.05, 4.69) is 6.07 Å². The Morgan fingerprint density at radius 1 is 1.23 bits per heavy atom. The summed E-state index contributed by atoms with van der Waals surface area (Å²) in [7, 11) is 0. The summed E-state index contributed by atoms with van der Waals surface area (Å²) < 4.78 is 0. The molecule has 116 valence electrons. The van der Waals surface area contributed by atoms with Crippen LogP contribution < -0.4 is 0 Å². The fourth-order valence-electron chi connectivity index (χ4n) is 4.78. The lowest BCUT2D eigenvalue weighted by Crippen LogP contribution is -2.37. The Balaban J connectivity index is 1.63. The number of aryl methyl sites for hydroxylation is 1. The average molecular weight is 299 g/mol. The molecule has 22 heavy (non-hydrogen) atoms. The van der Waals surface area contributed by atoms with Gasteiger partial charge in [-0.1, -0.05) is 18.6 Å². The Labute approximate surface area is 130 Å². The molecular weight excluding hydrogens is 278 g/mol. The standard InChI is InChI=1S/C18H21NO3/c20-16(15-8-2-5-12-4-1-7-14(12)15)19-10-13-6-3-9-18(13,11-19)17(21)22/h2,5,8,13H,1,3-4,6-7,9-11H2,(H,21,22)/t13-,18+/m0/s1. The van der Waals surface area contributed by atoms with Crippen LogP contribution in [-0.4, -0.2) is 35.0 Å². The van der Waals surface area contributed by atoms with Gasteiger partial charge in [-0.25, -0.2) is 0 Å². The Bertz CT molecular complexity index is 654. The van der Waals surface area contributed by atoms with Crippen LogP contribution >= 0.6 is 0 Å². The molecule has 0 spiro atoms. The van der Waals surface area contributed by atoms with Crippen LogP contribution in [0.5, 0.6) is 0 Å². The molecule has 2 fully saturated rings. The van der Waals surface area contributed by atoms with Gasteiger partial charge in [0.15, 0.2) is 0 Å². The molecule has 2 aliphatic carbocycles. The van der Waals surface area contributed by atoms with Crippen LogP contribution in [0.15, 0.2) is 18.2 Å². The van der Waals surface area contributed by atoms with Crippen molar-refractivity contribution >= 4 is 11.9 Å².